The maximum atomic E-state index is 12.2. The summed E-state index contributed by atoms with van der Waals surface area (Å²) >= 11 is 0. The molecule has 2 rings (SSSR count). The van der Waals surface area contributed by atoms with Crippen molar-refractivity contribution in [3.8, 4) is 0 Å². The van der Waals surface area contributed by atoms with Crippen LogP contribution in [0.3, 0.4) is 0 Å². The van der Waals surface area contributed by atoms with Gasteiger partial charge in [-0.15, -0.1) is 0 Å². The summed E-state index contributed by atoms with van der Waals surface area (Å²) in [5.74, 6) is 0.0159. The van der Waals surface area contributed by atoms with Crippen LogP contribution in [-0.4, -0.2) is 5.78 Å². The number of ketones is 1. The summed E-state index contributed by atoms with van der Waals surface area (Å²) in [4.78, 5) is 12.2. The Labute approximate surface area is 106 Å². The van der Waals surface area contributed by atoms with Crippen molar-refractivity contribution in [3.63, 3.8) is 0 Å². The van der Waals surface area contributed by atoms with Crippen molar-refractivity contribution < 1.29 is 4.79 Å². The molecule has 0 amide bonds. The summed E-state index contributed by atoms with van der Waals surface area (Å²) in [6.07, 6.45) is 0. The Hall–Kier alpha value is -1.97. The van der Waals surface area contributed by atoms with Crippen LogP contribution in [0.1, 0.15) is 27.0 Å². The summed E-state index contributed by atoms with van der Waals surface area (Å²) in [6.45, 7) is 0.972. The van der Waals surface area contributed by atoms with Gasteiger partial charge in [0.1, 0.15) is 0 Å². The zero-order valence-corrected chi connectivity index (χ0v) is 10.1. The van der Waals surface area contributed by atoms with Crippen LogP contribution in [0.15, 0.2) is 48.5 Å². The van der Waals surface area contributed by atoms with E-state index >= 15 is 0 Å². The SMILES string of the molecule is NCc1ccc(C(=O)c2ccc(CN)cc2)cc1. The molecule has 0 heterocycles. The van der Waals surface area contributed by atoms with Crippen molar-refractivity contribution in [1.29, 1.82) is 0 Å². The largest absolute Gasteiger partial charge is 0.326 e. The number of carbonyl (C=O) groups is 1. The predicted molar refractivity (Wildman–Crippen MR) is 72.1 cm³/mol. The van der Waals surface area contributed by atoms with Crippen molar-refractivity contribution in [3.05, 3.63) is 70.8 Å². The molecular weight excluding hydrogens is 224 g/mol. The van der Waals surface area contributed by atoms with Crippen molar-refractivity contribution in [2.45, 2.75) is 13.1 Å². The molecule has 18 heavy (non-hydrogen) atoms. The normalized spacial score (nSPS) is 10.3. The number of carbonyl (C=O) groups excluding carboxylic acids is 1. The van der Waals surface area contributed by atoms with Crippen LogP contribution in [0, 0.1) is 0 Å². The molecule has 3 nitrogen and oxygen atoms in total. The zero-order chi connectivity index (χ0) is 13.0. The molecule has 3 heteroatoms. The number of benzene rings is 2. The molecule has 92 valence electrons. The predicted octanol–water partition coefficient (Wildman–Crippen LogP) is 1.84. The van der Waals surface area contributed by atoms with Crippen molar-refractivity contribution in [1.82, 2.24) is 0 Å². The summed E-state index contributed by atoms with van der Waals surface area (Å²) < 4.78 is 0. The van der Waals surface area contributed by atoms with E-state index in [1.54, 1.807) is 24.3 Å². The monoisotopic (exact) mass is 240 g/mol. The van der Waals surface area contributed by atoms with Crippen LogP contribution in [0.4, 0.5) is 0 Å². The Kier molecular flexibility index (Phi) is 3.87. The molecule has 0 aromatic heterocycles. The van der Waals surface area contributed by atoms with Gasteiger partial charge in [-0.05, 0) is 11.1 Å². The van der Waals surface area contributed by atoms with Crippen LogP contribution in [0.25, 0.3) is 0 Å². The van der Waals surface area contributed by atoms with Gasteiger partial charge in [-0.2, -0.15) is 0 Å². The lowest BCUT2D eigenvalue weighted by Crippen LogP contribution is -2.03. The fourth-order valence-corrected chi connectivity index (χ4v) is 1.75. The van der Waals surface area contributed by atoms with Gasteiger partial charge >= 0.3 is 0 Å². The van der Waals surface area contributed by atoms with E-state index in [9.17, 15) is 4.79 Å². The van der Waals surface area contributed by atoms with E-state index < -0.39 is 0 Å². The van der Waals surface area contributed by atoms with Gasteiger partial charge in [0.25, 0.3) is 0 Å². The first-order chi connectivity index (χ1) is 8.74. The van der Waals surface area contributed by atoms with Crippen molar-refractivity contribution >= 4 is 5.78 Å². The lowest BCUT2D eigenvalue weighted by atomic mass is 10.0. The Morgan fingerprint density at radius 2 is 1.06 bits per heavy atom. The molecule has 0 aliphatic carbocycles. The maximum absolute atomic E-state index is 12.2. The molecule has 0 unspecified atom stereocenters. The smallest absolute Gasteiger partial charge is 0.193 e. The number of hydrogen-bond donors (Lipinski definition) is 2. The van der Waals surface area contributed by atoms with Crippen molar-refractivity contribution in [2.75, 3.05) is 0 Å². The molecule has 0 saturated heterocycles. The first-order valence-electron chi connectivity index (χ1n) is 5.87. The third kappa shape index (κ3) is 2.64. The average Bonchev–Trinajstić information content (AvgIpc) is 2.47. The molecule has 0 radical (unpaired) electrons. The minimum absolute atomic E-state index is 0.0159. The fourth-order valence-electron chi connectivity index (χ4n) is 1.75. The second-order valence-electron chi connectivity index (χ2n) is 4.13. The number of nitrogens with two attached hydrogens (primary N) is 2. The second-order valence-corrected chi connectivity index (χ2v) is 4.13. The Morgan fingerprint density at radius 3 is 1.33 bits per heavy atom. The van der Waals surface area contributed by atoms with Gasteiger partial charge in [0.05, 0.1) is 0 Å². The molecule has 0 fully saturated rings. The van der Waals surface area contributed by atoms with Crippen LogP contribution >= 0.6 is 0 Å². The summed E-state index contributed by atoms with van der Waals surface area (Å²) in [6, 6.07) is 14.7. The highest BCUT2D eigenvalue weighted by atomic mass is 16.1. The standard InChI is InChI=1S/C15H16N2O/c16-9-11-1-5-13(6-2-11)15(18)14-7-3-12(10-17)4-8-14/h1-8H,9-10,16-17H2. The second kappa shape index (κ2) is 5.58. The third-order valence-corrected chi connectivity index (χ3v) is 2.90. The van der Waals surface area contributed by atoms with E-state index in [2.05, 4.69) is 0 Å². The molecule has 0 atom stereocenters. The van der Waals surface area contributed by atoms with Gasteiger partial charge < -0.3 is 11.5 Å². The van der Waals surface area contributed by atoms with Gasteiger partial charge in [-0.25, -0.2) is 0 Å². The first-order valence-corrected chi connectivity index (χ1v) is 5.87. The van der Waals surface area contributed by atoms with Gasteiger partial charge in [0, 0.05) is 24.2 Å². The number of hydrogen-bond acceptors (Lipinski definition) is 3. The minimum atomic E-state index is 0.0159. The zero-order valence-electron chi connectivity index (χ0n) is 10.1. The third-order valence-electron chi connectivity index (χ3n) is 2.90. The molecule has 4 N–H and O–H groups in total. The Morgan fingerprint density at radius 1 is 0.722 bits per heavy atom. The lowest BCUT2D eigenvalue weighted by Gasteiger charge is -2.03. The molecular formula is C15H16N2O. The molecule has 2 aromatic rings. The fraction of sp³-hybridized carbons (Fsp3) is 0.133. The van der Waals surface area contributed by atoms with Gasteiger partial charge in [0.2, 0.25) is 0 Å². The van der Waals surface area contributed by atoms with E-state index in [0.717, 1.165) is 11.1 Å². The average molecular weight is 240 g/mol. The topological polar surface area (TPSA) is 69.1 Å². The van der Waals surface area contributed by atoms with Gasteiger partial charge in [0.15, 0.2) is 5.78 Å². The van der Waals surface area contributed by atoms with Crippen LogP contribution in [0.5, 0.6) is 0 Å². The Balaban J connectivity index is 2.23. The molecule has 0 aliphatic heterocycles. The highest BCUT2D eigenvalue weighted by molar-refractivity contribution is 6.08. The Bertz CT molecular complexity index is 480. The molecule has 0 spiro atoms. The summed E-state index contributed by atoms with van der Waals surface area (Å²) in [5.41, 5.74) is 14.4. The first kappa shape index (κ1) is 12.5. The lowest BCUT2D eigenvalue weighted by molar-refractivity contribution is 0.103. The van der Waals surface area contributed by atoms with E-state index in [-0.39, 0.29) is 5.78 Å². The van der Waals surface area contributed by atoms with E-state index in [1.165, 1.54) is 0 Å². The molecule has 0 saturated carbocycles. The van der Waals surface area contributed by atoms with E-state index in [4.69, 9.17) is 11.5 Å². The minimum Gasteiger partial charge on any atom is -0.326 e. The van der Waals surface area contributed by atoms with Crippen LogP contribution < -0.4 is 11.5 Å². The van der Waals surface area contributed by atoms with Crippen LogP contribution in [-0.2, 0) is 13.1 Å². The highest BCUT2D eigenvalue weighted by Crippen LogP contribution is 2.12. The number of rotatable bonds is 4. The van der Waals surface area contributed by atoms with Gasteiger partial charge in [-0.1, -0.05) is 48.5 Å². The molecule has 0 bridgehead atoms. The van der Waals surface area contributed by atoms with Gasteiger partial charge in [-0.3, -0.25) is 4.79 Å². The summed E-state index contributed by atoms with van der Waals surface area (Å²) in [7, 11) is 0. The molecule has 0 aliphatic rings. The summed E-state index contributed by atoms with van der Waals surface area (Å²) in [5, 5.41) is 0. The quantitative estimate of drug-likeness (QED) is 0.801. The van der Waals surface area contributed by atoms with Crippen molar-refractivity contribution in [2.24, 2.45) is 11.5 Å². The highest BCUT2D eigenvalue weighted by Gasteiger charge is 2.08. The molecule has 2 aromatic carbocycles. The maximum Gasteiger partial charge on any atom is 0.193 e. The van der Waals surface area contributed by atoms with Crippen LogP contribution in [0.2, 0.25) is 0 Å². The van der Waals surface area contributed by atoms with E-state index in [1.807, 2.05) is 24.3 Å². The van der Waals surface area contributed by atoms with E-state index in [0.29, 0.717) is 24.2 Å².